The molecule has 1 aliphatic heterocycles. The number of benzene rings is 9. The number of aliphatic imine (C=N–C) groups is 2. The number of nitrogens with one attached hydrogen (secondary N) is 1. The molecule has 286 valence electrons. The number of rotatable bonds is 5. The maximum atomic E-state index is 6.81. The van der Waals surface area contributed by atoms with Crippen LogP contribution in [0, 0.1) is 0 Å². The standard InChI is InChI=1S/C55H34N4O2/c1-2-13-33(14-3-1)34-17-12-18-37(27-34)53-56-54(38-25-26-51-44(29-38)41-20-7-10-23-49(41)60-51)58-55(57-53)46-32-39(31-45-42-21-8-11-24-50(42)61-52(45)46)59-47-22-9-6-19-40(47)43-28-35-15-4-5-16-36(35)30-48(43)59/h1-32,53H,(H,56,57,58). The maximum Gasteiger partial charge on any atom is 0.159 e. The Morgan fingerprint density at radius 2 is 1.13 bits per heavy atom. The molecular weight excluding hydrogens is 749 g/mol. The molecule has 9 aromatic carbocycles. The number of hydrogen-bond acceptors (Lipinski definition) is 5. The minimum absolute atomic E-state index is 0.453. The summed E-state index contributed by atoms with van der Waals surface area (Å²) >= 11 is 0. The van der Waals surface area contributed by atoms with E-state index in [-0.39, 0.29) is 0 Å². The molecular formula is C55H34N4O2. The molecule has 1 N–H and O–H groups in total. The molecule has 1 atom stereocenters. The molecule has 0 bridgehead atoms. The van der Waals surface area contributed by atoms with E-state index in [1.165, 1.54) is 21.5 Å². The van der Waals surface area contributed by atoms with Crippen LogP contribution in [0.2, 0.25) is 0 Å². The zero-order valence-corrected chi connectivity index (χ0v) is 32.7. The third kappa shape index (κ3) is 5.36. The van der Waals surface area contributed by atoms with Gasteiger partial charge in [0.25, 0.3) is 0 Å². The van der Waals surface area contributed by atoms with Crippen molar-refractivity contribution >= 4 is 88.1 Å². The van der Waals surface area contributed by atoms with Crippen LogP contribution < -0.4 is 5.32 Å². The van der Waals surface area contributed by atoms with Gasteiger partial charge in [-0.25, -0.2) is 9.98 Å². The van der Waals surface area contributed by atoms with Crippen molar-refractivity contribution in [3.05, 3.63) is 211 Å². The fourth-order valence-electron chi connectivity index (χ4n) is 9.32. The average Bonchev–Trinajstić information content (AvgIpc) is 4.00. The molecule has 6 nitrogen and oxygen atoms in total. The van der Waals surface area contributed by atoms with Crippen molar-refractivity contribution in [2.24, 2.45) is 9.98 Å². The number of aromatic nitrogens is 1. The molecule has 13 rings (SSSR count). The highest BCUT2D eigenvalue weighted by Gasteiger charge is 2.26. The van der Waals surface area contributed by atoms with Gasteiger partial charge in [-0.2, -0.15) is 0 Å². The molecule has 0 saturated carbocycles. The summed E-state index contributed by atoms with van der Waals surface area (Å²) in [4.78, 5) is 10.8. The van der Waals surface area contributed by atoms with E-state index < -0.39 is 6.17 Å². The van der Waals surface area contributed by atoms with Crippen LogP contribution in [0.5, 0.6) is 0 Å². The molecule has 3 aromatic heterocycles. The first-order chi connectivity index (χ1) is 30.2. The first-order valence-corrected chi connectivity index (χ1v) is 20.6. The Bertz CT molecular complexity index is 3810. The van der Waals surface area contributed by atoms with Gasteiger partial charge in [0.1, 0.15) is 34.3 Å². The van der Waals surface area contributed by atoms with E-state index in [1.807, 2.05) is 42.5 Å². The molecule has 0 fully saturated rings. The van der Waals surface area contributed by atoms with Crippen molar-refractivity contribution in [1.29, 1.82) is 0 Å². The number of furan rings is 2. The van der Waals surface area contributed by atoms with Crippen molar-refractivity contribution in [2.45, 2.75) is 6.17 Å². The second-order valence-electron chi connectivity index (χ2n) is 15.8. The summed E-state index contributed by atoms with van der Waals surface area (Å²) in [6.07, 6.45) is -0.453. The molecule has 0 aliphatic carbocycles. The SMILES string of the molecule is c1ccc(-c2cccc(C3N=C(c4ccc5oc6ccccc6c5c4)N=C(c4cc(-n5c6ccccc6c6cc7ccccc7cc65)cc5c4oc4ccccc45)N3)c2)cc1. The highest BCUT2D eigenvalue weighted by molar-refractivity contribution is 6.21. The van der Waals surface area contributed by atoms with Crippen molar-refractivity contribution in [2.75, 3.05) is 0 Å². The minimum atomic E-state index is -0.453. The van der Waals surface area contributed by atoms with Crippen LogP contribution in [0.4, 0.5) is 0 Å². The van der Waals surface area contributed by atoms with Crippen molar-refractivity contribution in [1.82, 2.24) is 9.88 Å². The van der Waals surface area contributed by atoms with Crippen LogP contribution in [-0.2, 0) is 0 Å². The Kier molecular flexibility index (Phi) is 7.27. The summed E-state index contributed by atoms with van der Waals surface area (Å²) in [6, 6.07) is 68.1. The Labute approximate surface area is 349 Å². The minimum Gasteiger partial charge on any atom is -0.456 e. The predicted molar refractivity (Wildman–Crippen MR) is 250 cm³/mol. The maximum absolute atomic E-state index is 6.81. The van der Waals surface area contributed by atoms with Crippen LogP contribution in [0.25, 0.3) is 93.3 Å². The van der Waals surface area contributed by atoms with Crippen LogP contribution >= 0.6 is 0 Å². The van der Waals surface area contributed by atoms with E-state index in [2.05, 4.69) is 162 Å². The first kappa shape index (κ1) is 33.7. The van der Waals surface area contributed by atoms with E-state index in [1.54, 1.807) is 0 Å². The van der Waals surface area contributed by atoms with Gasteiger partial charge in [-0.05, 0) is 94.2 Å². The van der Waals surface area contributed by atoms with Crippen LogP contribution in [0.15, 0.2) is 213 Å². The van der Waals surface area contributed by atoms with Gasteiger partial charge in [0, 0.05) is 43.6 Å². The van der Waals surface area contributed by atoms with E-state index in [9.17, 15) is 0 Å². The lowest BCUT2D eigenvalue weighted by Crippen LogP contribution is -2.33. The summed E-state index contributed by atoms with van der Waals surface area (Å²) in [5.74, 6) is 1.29. The summed E-state index contributed by atoms with van der Waals surface area (Å²) in [6.45, 7) is 0. The number of amidine groups is 2. The number of fused-ring (bicyclic) bond motifs is 10. The van der Waals surface area contributed by atoms with Gasteiger partial charge in [-0.3, -0.25) is 0 Å². The average molecular weight is 783 g/mol. The van der Waals surface area contributed by atoms with Crippen molar-refractivity contribution in [3.8, 4) is 16.8 Å². The van der Waals surface area contributed by atoms with Crippen LogP contribution in [0.3, 0.4) is 0 Å². The fraction of sp³-hybridized carbons (Fsp3) is 0.0182. The second kappa shape index (κ2) is 13.1. The lowest BCUT2D eigenvalue weighted by Gasteiger charge is -2.24. The molecule has 1 unspecified atom stereocenters. The first-order valence-electron chi connectivity index (χ1n) is 20.6. The largest absolute Gasteiger partial charge is 0.456 e. The molecule has 0 amide bonds. The Morgan fingerprint density at radius 1 is 0.443 bits per heavy atom. The molecule has 1 aliphatic rings. The summed E-state index contributed by atoms with van der Waals surface area (Å²) in [5, 5.41) is 12.8. The molecule has 61 heavy (non-hydrogen) atoms. The highest BCUT2D eigenvalue weighted by atomic mass is 16.3. The van der Waals surface area contributed by atoms with Crippen molar-refractivity contribution < 1.29 is 8.83 Å². The van der Waals surface area contributed by atoms with E-state index in [0.717, 1.165) is 88.4 Å². The Morgan fingerprint density at radius 3 is 1.98 bits per heavy atom. The quantitative estimate of drug-likeness (QED) is 0.189. The molecule has 0 radical (unpaired) electrons. The zero-order chi connectivity index (χ0) is 40.0. The van der Waals surface area contributed by atoms with Gasteiger partial charge < -0.3 is 18.7 Å². The molecule has 6 heteroatoms. The molecule has 0 saturated heterocycles. The predicted octanol–water partition coefficient (Wildman–Crippen LogP) is 13.9. The summed E-state index contributed by atoms with van der Waals surface area (Å²) < 4.78 is 15.4. The van der Waals surface area contributed by atoms with Gasteiger partial charge in [0.05, 0.1) is 16.6 Å². The van der Waals surface area contributed by atoms with Gasteiger partial charge in [-0.1, -0.05) is 127 Å². The smallest absolute Gasteiger partial charge is 0.159 e. The monoisotopic (exact) mass is 782 g/mol. The molecule has 12 aromatic rings. The lowest BCUT2D eigenvalue weighted by molar-refractivity contribution is 0.659. The summed E-state index contributed by atoms with van der Waals surface area (Å²) in [5.41, 5.74) is 11.6. The summed E-state index contributed by atoms with van der Waals surface area (Å²) in [7, 11) is 0. The topological polar surface area (TPSA) is 68.0 Å². The van der Waals surface area contributed by atoms with E-state index >= 15 is 0 Å². The van der Waals surface area contributed by atoms with E-state index in [4.69, 9.17) is 18.8 Å². The van der Waals surface area contributed by atoms with Gasteiger partial charge in [0.2, 0.25) is 0 Å². The zero-order valence-electron chi connectivity index (χ0n) is 32.7. The van der Waals surface area contributed by atoms with Gasteiger partial charge in [-0.15, -0.1) is 0 Å². The highest BCUT2D eigenvalue weighted by Crippen LogP contribution is 2.40. The lowest BCUT2D eigenvalue weighted by atomic mass is 10.0. The fourth-order valence-corrected chi connectivity index (χ4v) is 9.32. The van der Waals surface area contributed by atoms with E-state index in [0.29, 0.717) is 11.7 Å². The third-order valence-electron chi connectivity index (χ3n) is 12.2. The van der Waals surface area contributed by atoms with Crippen LogP contribution in [0.1, 0.15) is 22.9 Å². The second-order valence-corrected chi connectivity index (χ2v) is 15.8. The number of nitrogens with zero attached hydrogens (tertiary/aromatic N) is 3. The van der Waals surface area contributed by atoms with Crippen LogP contribution in [-0.4, -0.2) is 16.2 Å². The molecule has 0 spiro atoms. The van der Waals surface area contributed by atoms with Gasteiger partial charge >= 0.3 is 0 Å². The normalized spacial score (nSPS) is 14.4. The third-order valence-corrected chi connectivity index (χ3v) is 12.2. The Hall–Kier alpha value is -8.22. The van der Waals surface area contributed by atoms with Gasteiger partial charge in [0.15, 0.2) is 5.84 Å². The Balaban J connectivity index is 1.06. The van der Waals surface area contributed by atoms with Crippen molar-refractivity contribution in [3.63, 3.8) is 0 Å². The number of hydrogen-bond donors (Lipinski definition) is 1. The molecule has 4 heterocycles. The number of para-hydroxylation sites is 3.